The summed E-state index contributed by atoms with van der Waals surface area (Å²) in [5, 5.41) is 0. The molecular weight excluding hydrogens is 473 g/mol. The lowest BCUT2D eigenvalue weighted by molar-refractivity contribution is -0.191. The molecule has 2 aliphatic heterocycles. The molecule has 1 aromatic heterocycles. The molecule has 0 aliphatic carbocycles. The van der Waals surface area contributed by atoms with E-state index in [-0.39, 0.29) is 23.9 Å². The summed E-state index contributed by atoms with van der Waals surface area (Å²) in [7, 11) is 0. The van der Waals surface area contributed by atoms with Crippen LogP contribution in [0.25, 0.3) is 11.8 Å². The molecule has 0 bridgehead atoms. The minimum atomic E-state index is -0.279. The second-order valence-corrected chi connectivity index (χ2v) is 9.01. The van der Waals surface area contributed by atoms with Crippen LogP contribution in [0.15, 0.2) is 65.7 Å². The minimum Gasteiger partial charge on any atom is -0.342 e. The van der Waals surface area contributed by atoms with Gasteiger partial charge in [-0.1, -0.05) is 25.1 Å². The lowest BCUT2D eigenvalue weighted by Crippen LogP contribution is -2.51. The van der Waals surface area contributed by atoms with E-state index in [1.54, 1.807) is 23.4 Å². The predicted octanol–water partition coefficient (Wildman–Crippen LogP) is 4.44. The van der Waals surface area contributed by atoms with Gasteiger partial charge in [0.25, 0.3) is 5.91 Å². The van der Waals surface area contributed by atoms with Crippen molar-refractivity contribution in [3.63, 3.8) is 0 Å². The number of fused-ring (bicyclic) bond motifs is 1. The Bertz CT molecular complexity index is 1390. The van der Waals surface area contributed by atoms with Gasteiger partial charge in [0, 0.05) is 25.0 Å². The number of guanidine groups is 1. The maximum absolute atomic E-state index is 13.6. The van der Waals surface area contributed by atoms with Crippen LogP contribution in [0.4, 0.5) is 4.39 Å². The maximum Gasteiger partial charge on any atom is 0.373 e. The summed E-state index contributed by atoms with van der Waals surface area (Å²) >= 11 is 0. The number of rotatable bonds is 5. The first-order valence-electron chi connectivity index (χ1n) is 12.1. The van der Waals surface area contributed by atoms with Crippen LogP contribution in [0.3, 0.4) is 0 Å². The molecule has 0 unspecified atom stereocenters. The summed E-state index contributed by atoms with van der Waals surface area (Å²) in [6.45, 7) is 7.78. The molecule has 1 fully saturated rings. The summed E-state index contributed by atoms with van der Waals surface area (Å²) in [6, 6.07) is 12.4. The summed E-state index contributed by atoms with van der Waals surface area (Å²) in [4.78, 5) is 42.9. The summed E-state index contributed by atoms with van der Waals surface area (Å²) < 4.78 is 15.5. The monoisotopic (exact) mass is 501 g/mol. The lowest BCUT2D eigenvalue weighted by Gasteiger charge is -2.40. The number of carbonyl (C=O) groups is 1. The highest BCUT2D eigenvalue weighted by atomic mass is 19.1. The van der Waals surface area contributed by atoms with Crippen LogP contribution in [-0.2, 0) is 14.4 Å². The third kappa shape index (κ3) is 5.42. The standard InChI is InChI=1S/C27H28FN5O.CO2/c1-4-12-31-13-11-25(21-6-8-22(28)9-7-21)33-26(34)23(30-27(31)33)15-20-5-10-24(18(2)14-20)32-16-19(3)29-17-32;2-1-3/h5-10,14-17,25H,4,11-13H2,1-3H3;/b23-15-;/t25-;/m1./s1. The SMILES string of the molecule is CCCN1CC[C@H](c2ccc(F)cc2)N2C(=O)/C(=C/c3ccc(-n4cnc(C)c4)c(C)c3)N=C12.O=C=O. The Kier molecular flexibility index (Phi) is 7.74. The van der Waals surface area contributed by atoms with Gasteiger partial charge in [-0.15, -0.1) is 0 Å². The van der Waals surface area contributed by atoms with Gasteiger partial charge in [-0.05, 0) is 73.7 Å². The van der Waals surface area contributed by atoms with Gasteiger partial charge in [0.15, 0.2) is 0 Å². The summed E-state index contributed by atoms with van der Waals surface area (Å²) in [5.74, 6) is 0.303. The Morgan fingerprint density at radius 1 is 1.14 bits per heavy atom. The van der Waals surface area contributed by atoms with Crippen LogP contribution < -0.4 is 0 Å². The lowest BCUT2D eigenvalue weighted by atomic mass is 9.99. The van der Waals surface area contributed by atoms with Crippen LogP contribution in [0.1, 0.15) is 48.2 Å². The molecule has 1 saturated heterocycles. The molecule has 8 nitrogen and oxygen atoms in total. The van der Waals surface area contributed by atoms with Crippen LogP contribution >= 0.6 is 0 Å². The normalized spacial score (nSPS) is 17.7. The molecule has 37 heavy (non-hydrogen) atoms. The highest BCUT2D eigenvalue weighted by Crippen LogP contribution is 2.36. The molecular formula is C28H28FN5O3. The van der Waals surface area contributed by atoms with E-state index >= 15 is 0 Å². The number of hydrogen-bond acceptors (Lipinski definition) is 6. The number of carbonyl (C=O) groups excluding carboxylic acids is 3. The van der Waals surface area contributed by atoms with E-state index in [1.165, 1.54) is 12.1 Å². The van der Waals surface area contributed by atoms with E-state index < -0.39 is 0 Å². The quantitative estimate of drug-likeness (QED) is 0.483. The van der Waals surface area contributed by atoms with Crippen molar-refractivity contribution >= 4 is 24.1 Å². The highest BCUT2D eigenvalue weighted by molar-refractivity contribution is 6.14. The molecule has 5 rings (SSSR count). The summed E-state index contributed by atoms with van der Waals surface area (Å²) in [5.41, 5.74) is 5.37. The zero-order valence-corrected chi connectivity index (χ0v) is 21.0. The number of benzene rings is 2. The fourth-order valence-corrected chi connectivity index (χ4v) is 4.78. The molecule has 0 radical (unpaired) electrons. The average Bonchev–Trinajstić information content (AvgIpc) is 3.44. The second kappa shape index (κ2) is 11.1. The van der Waals surface area contributed by atoms with E-state index in [2.05, 4.69) is 22.9 Å². The van der Waals surface area contributed by atoms with Crippen LogP contribution in [0.2, 0.25) is 0 Å². The highest BCUT2D eigenvalue weighted by Gasteiger charge is 2.42. The van der Waals surface area contributed by atoms with Gasteiger partial charge in [-0.2, -0.15) is 9.59 Å². The molecule has 1 amide bonds. The van der Waals surface area contributed by atoms with Gasteiger partial charge in [0.2, 0.25) is 5.96 Å². The van der Waals surface area contributed by atoms with Crippen molar-refractivity contribution < 1.29 is 18.8 Å². The zero-order chi connectivity index (χ0) is 26.5. The Balaban J connectivity index is 0.00000102. The van der Waals surface area contributed by atoms with Crippen LogP contribution in [-0.4, -0.2) is 50.5 Å². The number of aliphatic imine (C=N–C) groups is 1. The number of aryl methyl sites for hydroxylation is 2. The minimum absolute atomic E-state index is 0.114. The first kappa shape index (κ1) is 25.7. The van der Waals surface area contributed by atoms with Gasteiger partial charge in [0.05, 0.1) is 18.1 Å². The smallest absolute Gasteiger partial charge is 0.342 e. The molecule has 9 heteroatoms. The third-order valence-corrected chi connectivity index (χ3v) is 6.40. The number of amides is 1. The van der Waals surface area contributed by atoms with Gasteiger partial charge in [-0.3, -0.25) is 9.69 Å². The van der Waals surface area contributed by atoms with Crippen molar-refractivity contribution in [1.29, 1.82) is 0 Å². The van der Waals surface area contributed by atoms with Crippen LogP contribution in [0.5, 0.6) is 0 Å². The molecule has 190 valence electrons. The fraction of sp³-hybridized carbons (Fsp3) is 0.286. The Labute approximate surface area is 214 Å². The van der Waals surface area contributed by atoms with E-state index in [0.29, 0.717) is 11.7 Å². The second-order valence-electron chi connectivity index (χ2n) is 9.01. The molecule has 3 aromatic rings. The first-order chi connectivity index (χ1) is 17.9. The first-order valence-corrected chi connectivity index (χ1v) is 12.1. The van der Waals surface area contributed by atoms with Gasteiger partial charge < -0.3 is 9.47 Å². The van der Waals surface area contributed by atoms with Crippen LogP contribution in [0, 0.1) is 19.7 Å². The van der Waals surface area contributed by atoms with Gasteiger partial charge in [0.1, 0.15) is 11.5 Å². The molecule has 1 atom stereocenters. The Hall–Kier alpha value is -4.36. The predicted molar refractivity (Wildman–Crippen MR) is 136 cm³/mol. The van der Waals surface area contributed by atoms with Crippen molar-refractivity contribution in [3.05, 3.63) is 88.9 Å². The topological polar surface area (TPSA) is 87.9 Å². The largest absolute Gasteiger partial charge is 0.373 e. The van der Waals surface area contributed by atoms with Gasteiger partial charge in [-0.25, -0.2) is 14.4 Å². The molecule has 0 spiro atoms. The number of halogens is 1. The van der Waals surface area contributed by atoms with Crippen molar-refractivity contribution in [3.8, 4) is 5.69 Å². The Morgan fingerprint density at radius 3 is 2.49 bits per heavy atom. The maximum atomic E-state index is 13.6. The number of hydrogen-bond donors (Lipinski definition) is 0. The van der Waals surface area contributed by atoms with E-state index in [9.17, 15) is 9.18 Å². The van der Waals surface area contributed by atoms with Crippen molar-refractivity contribution in [2.75, 3.05) is 13.1 Å². The molecule has 3 heterocycles. The summed E-state index contributed by atoms with van der Waals surface area (Å²) in [6.07, 6.45) is 7.65. The third-order valence-electron chi connectivity index (χ3n) is 6.40. The fourth-order valence-electron chi connectivity index (χ4n) is 4.78. The van der Waals surface area contributed by atoms with Crippen molar-refractivity contribution in [2.24, 2.45) is 4.99 Å². The van der Waals surface area contributed by atoms with Crippen molar-refractivity contribution in [1.82, 2.24) is 19.4 Å². The molecule has 2 aliphatic rings. The van der Waals surface area contributed by atoms with Crippen molar-refractivity contribution in [2.45, 2.75) is 39.7 Å². The molecule has 0 saturated carbocycles. The Morgan fingerprint density at radius 2 is 1.86 bits per heavy atom. The van der Waals surface area contributed by atoms with E-state index in [0.717, 1.165) is 54.0 Å². The average molecular weight is 502 g/mol. The van der Waals surface area contributed by atoms with E-state index in [4.69, 9.17) is 14.6 Å². The number of aromatic nitrogens is 2. The van der Waals surface area contributed by atoms with E-state index in [1.807, 2.05) is 42.8 Å². The number of imidazole rings is 1. The molecule has 0 N–H and O–H groups in total. The molecule has 2 aromatic carbocycles. The van der Waals surface area contributed by atoms with Gasteiger partial charge >= 0.3 is 6.15 Å². The zero-order valence-electron chi connectivity index (χ0n) is 21.0. The number of nitrogens with zero attached hydrogens (tertiary/aromatic N) is 5.